The van der Waals surface area contributed by atoms with E-state index in [1.54, 1.807) is 23.6 Å². The fourth-order valence-electron chi connectivity index (χ4n) is 1.70. The van der Waals surface area contributed by atoms with Gasteiger partial charge in [-0.3, -0.25) is 4.79 Å². The summed E-state index contributed by atoms with van der Waals surface area (Å²) in [5.74, 6) is 0.682. The third-order valence-electron chi connectivity index (χ3n) is 2.70. The van der Waals surface area contributed by atoms with Crippen LogP contribution in [0.15, 0.2) is 35.8 Å². The lowest BCUT2D eigenvalue weighted by Gasteiger charge is -2.12. The monoisotopic (exact) mass is 275 g/mol. The molecule has 4 nitrogen and oxygen atoms in total. The van der Waals surface area contributed by atoms with E-state index in [-0.39, 0.29) is 11.9 Å². The summed E-state index contributed by atoms with van der Waals surface area (Å²) in [5, 5.41) is 8.06. The van der Waals surface area contributed by atoms with Gasteiger partial charge in [0.2, 0.25) is 0 Å². The summed E-state index contributed by atoms with van der Waals surface area (Å²) >= 11 is 1.64. The van der Waals surface area contributed by atoms with Gasteiger partial charge in [0.25, 0.3) is 5.91 Å². The molecule has 100 valence electrons. The Morgan fingerprint density at radius 2 is 2.26 bits per heavy atom. The van der Waals surface area contributed by atoms with Crippen LogP contribution in [0.1, 0.15) is 35.1 Å². The van der Waals surface area contributed by atoms with Gasteiger partial charge in [-0.15, -0.1) is 11.3 Å². The molecule has 1 amide bonds. The predicted octanol–water partition coefficient (Wildman–Crippen LogP) is 3.07. The molecule has 1 unspecified atom stereocenters. The van der Waals surface area contributed by atoms with Crippen molar-refractivity contribution in [1.82, 2.24) is 10.3 Å². The largest absolute Gasteiger partial charge is 0.370 e. The zero-order chi connectivity index (χ0) is 13.7. The molecule has 2 aromatic rings. The molecule has 2 aromatic heterocycles. The molecule has 0 fully saturated rings. The zero-order valence-electron chi connectivity index (χ0n) is 11.0. The van der Waals surface area contributed by atoms with E-state index in [0.29, 0.717) is 5.56 Å². The van der Waals surface area contributed by atoms with Crippen LogP contribution in [0.3, 0.4) is 0 Å². The van der Waals surface area contributed by atoms with Crippen molar-refractivity contribution in [1.29, 1.82) is 0 Å². The third-order valence-corrected chi connectivity index (χ3v) is 3.76. The molecule has 0 spiro atoms. The summed E-state index contributed by atoms with van der Waals surface area (Å²) < 4.78 is 0. The fourth-order valence-corrected chi connectivity index (χ4v) is 2.44. The van der Waals surface area contributed by atoms with Gasteiger partial charge in [-0.05, 0) is 37.4 Å². The van der Waals surface area contributed by atoms with Crippen molar-refractivity contribution in [3.05, 3.63) is 46.3 Å². The minimum Gasteiger partial charge on any atom is -0.370 e. The van der Waals surface area contributed by atoms with Crippen molar-refractivity contribution in [2.24, 2.45) is 0 Å². The Balaban J connectivity index is 1.99. The van der Waals surface area contributed by atoms with Crippen LogP contribution in [0.4, 0.5) is 5.82 Å². The SMILES string of the molecule is CCNc1ccc(C(=O)NC(C)c2cccs2)cn1. The van der Waals surface area contributed by atoms with Gasteiger partial charge in [0.15, 0.2) is 0 Å². The van der Waals surface area contributed by atoms with Crippen LogP contribution >= 0.6 is 11.3 Å². The van der Waals surface area contributed by atoms with Crippen molar-refractivity contribution >= 4 is 23.1 Å². The quantitative estimate of drug-likeness (QED) is 0.881. The molecule has 2 N–H and O–H groups in total. The summed E-state index contributed by atoms with van der Waals surface area (Å²) in [5.41, 5.74) is 0.574. The van der Waals surface area contributed by atoms with E-state index < -0.39 is 0 Å². The second-order valence-electron chi connectivity index (χ2n) is 4.17. The summed E-state index contributed by atoms with van der Waals surface area (Å²) in [6, 6.07) is 7.61. The van der Waals surface area contributed by atoms with E-state index >= 15 is 0 Å². The second kappa shape index (κ2) is 6.33. The van der Waals surface area contributed by atoms with E-state index in [4.69, 9.17) is 0 Å². The summed E-state index contributed by atoms with van der Waals surface area (Å²) in [7, 11) is 0. The van der Waals surface area contributed by atoms with Crippen LogP contribution in [0.25, 0.3) is 0 Å². The van der Waals surface area contributed by atoms with Crippen molar-refractivity contribution in [2.45, 2.75) is 19.9 Å². The number of aromatic nitrogens is 1. The fraction of sp³-hybridized carbons (Fsp3) is 0.286. The molecule has 0 aromatic carbocycles. The number of carbonyl (C=O) groups is 1. The Hall–Kier alpha value is -1.88. The average Bonchev–Trinajstić information content (AvgIpc) is 2.94. The Labute approximate surface area is 116 Å². The third kappa shape index (κ3) is 3.54. The number of hydrogen-bond acceptors (Lipinski definition) is 4. The van der Waals surface area contributed by atoms with Crippen molar-refractivity contribution < 1.29 is 4.79 Å². The summed E-state index contributed by atoms with van der Waals surface area (Å²) in [4.78, 5) is 17.4. The van der Waals surface area contributed by atoms with E-state index in [1.807, 2.05) is 37.4 Å². The van der Waals surface area contributed by atoms with Gasteiger partial charge < -0.3 is 10.6 Å². The molecule has 5 heteroatoms. The number of pyridine rings is 1. The second-order valence-corrected chi connectivity index (χ2v) is 5.15. The zero-order valence-corrected chi connectivity index (χ0v) is 11.8. The predicted molar refractivity (Wildman–Crippen MR) is 78.6 cm³/mol. The van der Waals surface area contributed by atoms with Gasteiger partial charge in [0.05, 0.1) is 11.6 Å². The number of carbonyl (C=O) groups excluding carboxylic acids is 1. The average molecular weight is 275 g/mol. The molecular formula is C14H17N3OS. The standard InChI is InChI=1S/C14H17N3OS/c1-3-15-13-7-6-11(9-16-13)14(18)17-10(2)12-5-4-8-19-12/h4-10H,3H2,1-2H3,(H,15,16)(H,17,18). The number of anilines is 1. The van der Waals surface area contributed by atoms with Crippen LogP contribution in [0.5, 0.6) is 0 Å². The van der Waals surface area contributed by atoms with Gasteiger partial charge in [-0.2, -0.15) is 0 Å². The minimum absolute atomic E-state index is 0.0148. The summed E-state index contributed by atoms with van der Waals surface area (Å²) in [6.45, 7) is 4.79. The van der Waals surface area contributed by atoms with Gasteiger partial charge in [0, 0.05) is 17.6 Å². The van der Waals surface area contributed by atoms with Gasteiger partial charge in [-0.1, -0.05) is 6.07 Å². The van der Waals surface area contributed by atoms with Crippen LogP contribution in [0, 0.1) is 0 Å². The van der Waals surface area contributed by atoms with Crippen molar-refractivity contribution in [3.8, 4) is 0 Å². The summed E-state index contributed by atoms with van der Waals surface area (Å²) in [6.07, 6.45) is 1.59. The number of hydrogen-bond donors (Lipinski definition) is 2. The van der Waals surface area contributed by atoms with E-state index in [1.165, 1.54) is 0 Å². The topological polar surface area (TPSA) is 54.0 Å². The lowest BCUT2D eigenvalue weighted by molar-refractivity contribution is 0.0940. The number of nitrogens with zero attached hydrogens (tertiary/aromatic N) is 1. The van der Waals surface area contributed by atoms with Crippen LogP contribution in [0.2, 0.25) is 0 Å². The highest BCUT2D eigenvalue weighted by atomic mass is 32.1. The van der Waals surface area contributed by atoms with Gasteiger partial charge in [0.1, 0.15) is 5.82 Å². The molecule has 0 saturated carbocycles. The molecule has 2 rings (SSSR count). The first-order valence-electron chi connectivity index (χ1n) is 6.25. The maximum Gasteiger partial charge on any atom is 0.253 e. The minimum atomic E-state index is -0.101. The highest BCUT2D eigenvalue weighted by molar-refractivity contribution is 7.10. The van der Waals surface area contributed by atoms with Crippen LogP contribution < -0.4 is 10.6 Å². The Morgan fingerprint density at radius 3 is 2.84 bits per heavy atom. The Bertz CT molecular complexity index is 522. The van der Waals surface area contributed by atoms with Gasteiger partial charge >= 0.3 is 0 Å². The van der Waals surface area contributed by atoms with Crippen molar-refractivity contribution in [2.75, 3.05) is 11.9 Å². The maximum absolute atomic E-state index is 12.1. The van der Waals surface area contributed by atoms with E-state index in [2.05, 4.69) is 15.6 Å². The molecule has 0 radical (unpaired) electrons. The highest BCUT2D eigenvalue weighted by Crippen LogP contribution is 2.18. The Kier molecular flexibility index (Phi) is 4.52. The normalized spacial score (nSPS) is 11.9. The molecule has 0 aliphatic carbocycles. The molecular weight excluding hydrogens is 258 g/mol. The molecule has 0 aliphatic rings. The van der Waals surface area contributed by atoms with Crippen molar-refractivity contribution in [3.63, 3.8) is 0 Å². The Morgan fingerprint density at radius 1 is 1.42 bits per heavy atom. The first-order valence-corrected chi connectivity index (χ1v) is 7.13. The molecule has 0 aliphatic heterocycles. The van der Waals surface area contributed by atoms with Crippen LogP contribution in [-0.2, 0) is 0 Å². The first kappa shape index (κ1) is 13.5. The number of amides is 1. The molecule has 19 heavy (non-hydrogen) atoms. The highest BCUT2D eigenvalue weighted by Gasteiger charge is 2.12. The lowest BCUT2D eigenvalue weighted by Crippen LogP contribution is -2.26. The lowest BCUT2D eigenvalue weighted by atomic mass is 10.2. The maximum atomic E-state index is 12.1. The molecule has 0 bridgehead atoms. The molecule has 0 saturated heterocycles. The number of rotatable bonds is 5. The molecule has 1 atom stereocenters. The van der Waals surface area contributed by atoms with Crippen LogP contribution in [-0.4, -0.2) is 17.4 Å². The number of nitrogens with one attached hydrogen (secondary N) is 2. The first-order chi connectivity index (χ1) is 9.20. The number of thiophene rings is 1. The molecule has 2 heterocycles. The van der Waals surface area contributed by atoms with E-state index in [0.717, 1.165) is 17.2 Å². The smallest absolute Gasteiger partial charge is 0.253 e. The van der Waals surface area contributed by atoms with E-state index in [9.17, 15) is 4.79 Å². The van der Waals surface area contributed by atoms with Gasteiger partial charge in [-0.25, -0.2) is 4.98 Å².